The average molecular weight is 164 g/mol. The normalized spacial score (nSPS) is 10.6. The summed E-state index contributed by atoms with van der Waals surface area (Å²) in [5.74, 6) is 0. The highest BCUT2D eigenvalue weighted by atomic mass is 32.1. The molecule has 0 aliphatic heterocycles. The minimum Gasteiger partial charge on any atom is -0.398 e. The first kappa shape index (κ1) is 6.61. The van der Waals surface area contributed by atoms with Crippen molar-refractivity contribution in [1.82, 2.24) is 4.98 Å². The van der Waals surface area contributed by atoms with Crippen molar-refractivity contribution < 1.29 is 0 Å². The first-order valence-electron chi connectivity index (χ1n) is 3.37. The van der Waals surface area contributed by atoms with E-state index in [2.05, 4.69) is 4.98 Å². The van der Waals surface area contributed by atoms with E-state index >= 15 is 0 Å². The summed E-state index contributed by atoms with van der Waals surface area (Å²) >= 11 is 1.64. The van der Waals surface area contributed by atoms with Crippen LogP contribution in [0, 0.1) is 6.92 Å². The first-order chi connectivity index (χ1) is 5.29. The Morgan fingerprint density at radius 2 is 2.27 bits per heavy atom. The molecule has 3 heteroatoms. The zero-order valence-corrected chi connectivity index (χ0v) is 6.98. The number of rotatable bonds is 0. The van der Waals surface area contributed by atoms with Gasteiger partial charge in [0.1, 0.15) is 0 Å². The molecule has 0 bridgehead atoms. The number of anilines is 1. The topological polar surface area (TPSA) is 38.9 Å². The van der Waals surface area contributed by atoms with Crippen LogP contribution in [0.15, 0.2) is 17.6 Å². The van der Waals surface area contributed by atoms with Crippen molar-refractivity contribution in [2.45, 2.75) is 6.92 Å². The number of hydrogen-bond acceptors (Lipinski definition) is 3. The Morgan fingerprint density at radius 3 is 3.09 bits per heavy atom. The molecule has 0 saturated heterocycles. The van der Waals surface area contributed by atoms with E-state index in [0.29, 0.717) is 0 Å². The Kier molecular flexibility index (Phi) is 1.32. The number of nitrogen functional groups attached to an aromatic ring is 1. The highest BCUT2D eigenvalue weighted by Crippen LogP contribution is 2.24. The summed E-state index contributed by atoms with van der Waals surface area (Å²) in [5, 5.41) is 0. The Bertz CT molecular complexity index is 392. The summed E-state index contributed by atoms with van der Waals surface area (Å²) in [7, 11) is 0. The van der Waals surface area contributed by atoms with Gasteiger partial charge >= 0.3 is 0 Å². The number of nitrogens with zero attached hydrogens (tertiary/aromatic N) is 1. The molecule has 0 fully saturated rings. The van der Waals surface area contributed by atoms with Gasteiger partial charge in [-0.25, -0.2) is 4.98 Å². The largest absolute Gasteiger partial charge is 0.398 e. The Labute approximate surface area is 68.7 Å². The molecular formula is C8H8N2S. The van der Waals surface area contributed by atoms with Gasteiger partial charge < -0.3 is 5.73 Å². The van der Waals surface area contributed by atoms with Crippen molar-refractivity contribution in [2.24, 2.45) is 0 Å². The number of fused-ring (bicyclic) bond motifs is 1. The Morgan fingerprint density at radius 1 is 1.45 bits per heavy atom. The molecular weight excluding hydrogens is 156 g/mol. The summed E-state index contributed by atoms with van der Waals surface area (Å²) in [6.07, 6.45) is 0. The highest BCUT2D eigenvalue weighted by Gasteiger charge is 2.01. The fraction of sp³-hybridized carbons (Fsp3) is 0.125. The van der Waals surface area contributed by atoms with Crippen molar-refractivity contribution in [2.75, 3.05) is 5.73 Å². The smallest absolute Gasteiger partial charge is 0.0861 e. The predicted octanol–water partition coefficient (Wildman–Crippen LogP) is 2.19. The number of nitrogens with two attached hydrogens (primary N) is 1. The van der Waals surface area contributed by atoms with Gasteiger partial charge in [-0.1, -0.05) is 0 Å². The summed E-state index contributed by atoms with van der Waals surface area (Å²) in [4.78, 5) is 4.22. The molecule has 2 rings (SSSR count). The van der Waals surface area contributed by atoms with Gasteiger partial charge in [-0.2, -0.15) is 0 Å². The monoisotopic (exact) mass is 164 g/mol. The van der Waals surface area contributed by atoms with Gasteiger partial charge in [0.2, 0.25) is 0 Å². The molecule has 0 spiro atoms. The number of aryl methyl sites for hydroxylation is 1. The van der Waals surface area contributed by atoms with Crippen LogP contribution in [0.5, 0.6) is 0 Å². The van der Waals surface area contributed by atoms with Gasteiger partial charge in [0, 0.05) is 5.69 Å². The quantitative estimate of drug-likeness (QED) is 0.606. The molecule has 11 heavy (non-hydrogen) atoms. The molecule has 2 aromatic rings. The summed E-state index contributed by atoms with van der Waals surface area (Å²) in [5.41, 5.74) is 10.5. The van der Waals surface area contributed by atoms with Crippen LogP contribution < -0.4 is 5.73 Å². The second kappa shape index (κ2) is 2.20. The molecule has 1 heterocycles. The van der Waals surface area contributed by atoms with Crippen molar-refractivity contribution in [3.63, 3.8) is 0 Å². The molecule has 0 unspecified atom stereocenters. The first-order valence-corrected chi connectivity index (χ1v) is 4.25. The lowest BCUT2D eigenvalue weighted by molar-refractivity contribution is 1.43. The third-order valence-corrected chi connectivity index (χ3v) is 2.59. The summed E-state index contributed by atoms with van der Waals surface area (Å²) in [6, 6.07) is 3.94. The molecule has 1 aromatic heterocycles. The number of hydrogen-bond donors (Lipinski definition) is 1. The van der Waals surface area contributed by atoms with Gasteiger partial charge in [0.25, 0.3) is 0 Å². The Balaban J connectivity index is 2.93. The second-order valence-electron chi connectivity index (χ2n) is 2.48. The molecule has 0 amide bonds. The molecule has 0 saturated carbocycles. The van der Waals surface area contributed by atoms with E-state index in [1.54, 1.807) is 11.3 Å². The number of aromatic nitrogens is 1. The van der Waals surface area contributed by atoms with Crippen molar-refractivity contribution >= 4 is 27.2 Å². The van der Waals surface area contributed by atoms with Gasteiger partial charge in [-0.15, -0.1) is 11.3 Å². The van der Waals surface area contributed by atoms with E-state index in [0.717, 1.165) is 16.8 Å². The van der Waals surface area contributed by atoms with E-state index in [4.69, 9.17) is 5.73 Å². The third kappa shape index (κ3) is 0.886. The van der Waals surface area contributed by atoms with Crippen LogP contribution in [0.1, 0.15) is 5.56 Å². The summed E-state index contributed by atoms with van der Waals surface area (Å²) < 4.78 is 1.21. The maximum Gasteiger partial charge on any atom is 0.0861 e. The lowest BCUT2D eigenvalue weighted by Gasteiger charge is -1.97. The minimum absolute atomic E-state index is 0.823. The van der Waals surface area contributed by atoms with Crippen LogP contribution in [0.2, 0.25) is 0 Å². The van der Waals surface area contributed by atoms with Crippen LogP contribution in [-0.4, -0.2) is 4.98 Å². The third-order valence-electron chi connectivity index (χ3n) is 1.80. The van der Waals surface area contributed by atoms with Gasteiger partial charge in [-0.3, -0.25) is 0 Å². The van der Waals surface area contributed by atoms with Crippen LogP contribution in [0.3, 0.4) is 0 Å². The van der Waals surface area contributed by atoms with Crippen molar-refractivity contribution in [3.8, 4) is 0 Å². The molecule has 0 radical (unpaired) electrons. The molecule has 0 aliphatic rings. The van der Waals surface area contributed by atoms with Gasteiger partial charge in [0.15, 0.2) is 0 Å². The lowest BCUT2D eigenvalue weighted by atomic mass is 10.2. The number of benzene rings is 1. The van der Waals surface area contributed by atoms with Crippen LogP contribution >= 0.6 is 11.3 Å². The van der Waals surface area contributed by atoms with E-state index in [9.17, 15) is 0 Å². The van der Waals surface area contributed by atoms with Gasteiger partial charge in [-0.05, 0) is 24.6 Å². The average Bonchev–Trinajstić information content (AvgIpc) is 2.45. The SMILES string of the molecule is Cc1c(N)ccc2scnc12. The van der Waals surface area contributed by atoms with Crippen LogP contribution in [-0.2, 0) is 0 Å². The second-order valence-corrected chi connectivity index (χ2v) is 3.37. The number of thiazole rings is 1. The molecule has 2 nitrogen and oxygen atoms in total. The van der Waals surface area contributed by atoms with Crippen molar-refractivity contribution in [1.29, 1.82) is 0 Å². The zero-order valence-electron chi connectivity index (χ0n) is 6.16. The molecule has 1 aromatic carbocycles. The van der Waals surface area contributed by atoms with Gasteiger partial charge in [0.05, 0.1) is 15.7 Å². The minimum atomic E-state index is 0.823. The molecule has 56 valence electrons. The molecule has 0 atom stereocenters. The molecule has 0 aliphatic carbocycles. The fourth-order valence-corrected chi connectivity index (χ4v) is 1.82. The zero-order chi connectivity index (χ0) is 7.84. The van der Waals surface area contributed by atoms with E-state index in [1.807, 2.05) is 24.6 Å². The standard InChI is InChI=1S/C8H8N2S/c1-5-6(9)2-3-7-8(5)10-4-11-7/h2-4H,9H2,1H3. The highest BCUT2D eigenvalue weighted by molar-refractivity contribution is 7.16. The van der Waals surface area contributed by atoms with Crippen LogP contribution in [0.4, 0.5) is 5.69 Å². The predicted molar refractivity (Wildman–Crippen MR) is 48.8 cm³/mol. The van der Waals surface area contributed by atoms with Crippen LogP contribution in [0.25, 0.3) is 10.2 Å². The lowest BCUT2D eigenvalue weighted by Crippen LogP contribution is -1.88. The van der Waals surface area contributed by atoms with E-state index in [-0.39, 0.29) is 0 Å². The summed E-state index contributed by atoms with van der Waals surface area (Å²) in [6.45, 7) is 2.00. The maximum absolute atomic E-state index is 5.71. The fourth-order valence-electron chi connectivity index (χ4n) is 1.08. The maximum atomic E-state index is 5.71. The molecule has 2 N–H and O–H groups in total. The van der Waals surface area contributed by atoms with E-state index in [1.165, 1.54) is 4.70 Å². The Hall–Kier alpha value is -1.09. The van der Waals surface area contributed by atoms with Crippen molar-refractivity contribution in [3.05, 3.63) is 23.2 Å². The van der Waals surface area contributed by atoms with E-state index < -0.39 is 0 Å².